The molecule has 422 valence electrons. The van der Waals surface area contributed by atoms with Crippen LogP contribution < -0.4 is 50.3 Å². The number of fused-ring (bicyclic) bond motifs is 4. The van der Waals surface area contributed by atoms with Crippen molar-refractivity contribution in [2.24, 2.45) is 0 Å². The summed E-state index contributed by atoms with van der Waals surface area (Å²) in [5.74, 6) is -2.32. The zero-order valence-corrected chi connectivity index (χ0v) is 50.0. The van der Waals surface area contributed by atoms with Crippen LogP contribution in [0.25, 0.3) is 21.5 Å². The third kappa shape index (κ3) is 12.2. The number of ether oxygens (including phenoxy) is 2. The van der Waals surface area contributed by atoms with Crippen molar-refractivity contribution in [3.63, 3.8) is 0 Å². The largest absolute Gasteiger partial charge is 0.496 e. The first kappa shape index (κ1) is 61.5. The maximum atomic E-state index is 15.2. The molecule has 2 aliphatic rings. The van der Waals surface area contributed by atoms with Gasteiger partial charge < -0.3 is 50.3 Å². The van der Waals surface area contributed by atoms with E-state index in [1.165, 1.54) is 70.2 Å². The fourth-order valence-corrected chi connectivity index (χ4v) is 10.7. The Morgan fingerprint density at radius 2 is 0.939 bits per heavy atom. The third-order valence-corrected chi connectivity index (χ3v) is 15.5. The molecule has 0 aliphatic carbocycles. The monoisotopic (exact) mass is 1270 g/mol. The van der Waals surface area contributed by atoms with Gasteiger partial charge in [-0.2, -0.15) is 10.5 Å². The molecule has 0 unspecified atom stereocenters. The van der Waals surface area contributed by atoms with Crippen molar-refractivity contribution in [2.75, 3.05) is 61.0 Å². The number of nitrogens with one attached hydrogen (secondary N) is 4. The number of nitrogens with zero attached hydrogens (tertiary/aromatic N) is 6. The molecule has 4 atom stereocenters. The number of hydrogen-bond acceptors (Lipinski definition) is 12. The molecule has 7 aromatic rings. The van der Waals surface area contributed by atoms with E-state index >= 15 is 19.2 Å². The van der Waals surface area contributed by atoms with Gasteiger partial charge in [0.1, 0.15) is 23.6 Å². The van der Waals surface area contributed by atoms with Crippen molar-refractivity contribution >= 4 is 136 Å². The highest BCUT2D eigenvalue weighted by Gasteiger charge is 2.41. The molecule has 0 spiro atoms. The highest BCUT2D eigenvalue weighted by Crippen LogP contribution is 2.41. The summed E-state index contributed by atoms with van der Waals surface area (Å²) in [5.41, 5.74) is 2.84. The normalized spacial score (nSPS) is 15.5. The highest BCUT2D eigenvalue weighted by atomic mass is 79.9. The fourth-order valence-electron chi connectivity index (χ4n) is 9.97. The van der Waals surface area contributed by atoms with Crippen LogP contribution in [0.2, 0.25) is 0 Å². The number of amides is 6. The lowest BCUT2D eigenvalue weighted by molar-refractivity contribution is -0.128. The Bertz CT molecular complexity index is 3520. The van der Waals surface area contributed by atoms with Crippen LogP contribution >= 0.6 is 56.7 Å². The van der Waals surface area contributed by atoms with E-state index in [2.05, 4.69) is 65.3 Å². The minimum atomic E-state index is -1.30. The van der Waals surface area contributed by atoms with Crippen LogP contribution in [0, 0.1) is 22.7 Å². The van der Waals surface area contributed by atoms with Crippen LogP contribution in [0.5, 0.6) is 11.5 Å². The van der Waals surface area contributed by atoms with Crippen molar-refractivity contribution in [1.82, 2.24) is 21.3 Å². The molecule has 0 radical (unpaired) electrons. The molecule has 0 bridgehead atoms. The molecule has 6 amide bonds. The maximum absolute atomic E-state index is 15.2. The van der Waals surface area contributed by atoms with Crippen molar-refractivity contribution in [1.29, 1.82) is 10.5 Å². The standard InChI is InChI=1S/C60H54Br2N10O8.2ClH/c1-33(65-3)55(73)67-47-31-71(51-23-35(27-63)7-19-49(51)69(59(47)77)29-45-43-17-15-41(61)25-39(43)13-21-53(45)79-5)57(75)37-9-11-38(12-10-37)58(76)72-32-48(68-56(74)34(2)66-4)60(78)70(50-20-8-36(28-64)24-52(50)72)30-46-44-18-16-42(62)26-40(44)14-22-54(46)80-6;;/h7-26,33-34,47-48,65-66H,29-32H2,1-6H3,(H,67,73)(H,68,74);2*1H/t33-,34-,47-,48-;;/m0../s1. The SMILES string of the molecule is CN[C@@H](C)C(=O)N[C@H]1CN(C(=O)c2ccc(C(=O)N3C[C@H](NC(=O)[C@H](C)NC)C(=O)N(Cc4c(OC)ccc5cc(Br)ccc45)c4ccc(C#N)cc43)cc2)c2cc(C#N)ccc2N(Cc2c(OC)ccc3cc(Br)ccc23)C1=O.Cl.Cl. The summed E-state index contributed by atoms with van der Waals surface area (Å²) >= 11 is 7.10. The van der Waals surface area contributed by atoms with Gasteiger partial charge in [-0.25, -0.2) is 0 Å². The lowest BCUT2D eigenvalue weighted by Gasteiger charge is -2.27. The third-order valence-electron chi connectivity index (χ3n) is 14.6. The molecular weight excluding hydrogens is 1220 g/mol. The predicted octanol–water partition coefficient (Wildman–Crippen LogP) is 8.69. The fraction of sp³-hybridized carbons (Fsp3) is 0.233. The van der Waals surface area contributed by atoms with Crippen LogP contribution in [-0.4, -0.2) is 101 Å². The highest BCUT2D eigenvalue weighted by molar-refractivity contribution is 9.10. The van der Waals surface area contributed by atoms with Crippen molar-refractivity contribution in [3.05, 3.63) is 164 Å². The second kappa shape index (κ2) is 26.2. The van der Waals surface area contributed by atoms with Crippen LogP contribution in [-0.2, 0) is 32.3 Å². The van der Waals surface area contributed by atoms with Gasteiger partial charge in [0, 0.05) is 31.2 Å². The zero-order chi connectivity index (χ0) is 57.1. The molecule has 22 heteroatoms. The average Bonchev–Trinajstić information content (AvgIpc) is 3.66. The van der Waals surface area contributed by atoms with Gasteiger partial charge in [-0.05, 0) is 147 Å². The number of benzene rings is 7. The number of halogens is 4. The Morgan fingerprint density at radius 1 is 0.561 bits per heavy atom. The van der Waals surface area contributed by atoms with E-state index in [4.69, 9.17) is 9.47 Å². The second-order valence-corrected chi connectivity index (χ2v) is 21.1. The van der Waals surface area contributed by atoms with Crippen LogP contribution in [0.15, 0.2) is 130 Å². The first-order chi connectivity index (χ1) is 38.5. The number of rotatable bonds is 14. The number of hydrogen-bond donors (Lipinski definition) is 4. The van der Waals surface area contributed by atoms with Gasteiger partial charge >= 0.3 is 0 Å². The molecule has 4 N–H and O–H groups in total. The minimum Gasteiger partial charge on any atom is -0.496 e. The van der Waals surface area contributed by atoms with Crippen molar-refractivity contribution in [3.8, 4) is 23.6 Å². The summed E-state index contributed by atoms with van der Waals surface area (Å²) in [4.78, 5) is 93.6. The molecule has 9 rings (SSSR count). The molecular formula is C60H56Br2Cl2N10O8. The van der Waals surface area contributed by atoms with Gasteiger partial charge in [0.15, 0.2) is 0 Å². The van der Waals surface area contributed by atoms with Crippen LogP contribution in [0.1, 0.15) is 56.8 Å². The summed E-state index contributed by atoms with van der Waals surface area (Å²) < 4.78 is 13.4. The number of likely N-dealkylation sites (N-methyl/N-ethyl adjacent to an activating group) is 2. The summed E-state index contributed by atoms with van der Waals surface area (Å²) in [6.45, 7) is 2.46. The maximum Gasteiger partial charge on any atom is 0.258 e. The van der Waals surface area contributed by atoms with Crippen molar-refractivity contribution in [2.45, 2.75) is 51.1 Å². The van der Waals surface area contributed by atoms with Gasteiger partial charge in [0.05, 0.1) is 98.5 Å². The van der Waals surface area contributed by atoms with E-state index in [0.29, 0.717) is 22.6 Å². The van der Waals surface area contributed by atoms with E-state index in [9.17, 15) is 20.1 Å². The molecule has 82 heavy (non-hydrogen) atoms. The average molecular weight is 1280 g/mol. The summed E-state index contributed by atoms with van der Waals surface area (Å²) in [6, 6.07) is 34.3. The Hall–Kier alpha value is -8.08. The predicted molar refractivity (Wildman–Crippen MR) is 326 cm³/mol. The molecule has 2 heterocycles. The Morgan fingerprint density at radius 3 is 1.28 bits per heavy atom. The van der Waals surface area contributed by atoms with Crippen molar-refractivity contribution < 1.29 is 38.2 Å². The molecule has 2 aliphatic heterocycles. The lowest BCUT2D eigenvalue weighted by Crippen LogP contribution is -2.55. The molecule has 0 saturated carbocycles. The molecule has 0 saturated heterocycles. The molecule has 0 fully saturated rings. The number of carbonyl (C=O) groups excluding carboxylic acids is 6. The second-order valence-electron chi connectivity index (χ2n) is 19.3. The Balaban J connectivity index is 0.00000484. The topological polar surface area (TPSA) is 230 Å². The lowest BCUT2D eigenvalue weighted by atomic mass is 10.0. The van der Waals surface area contributed by atoms with E-state index in [1.54, 1.807) is 64.3 Å². The van der Waals surface area contributed by atoms with E-state index < -0.39 is 59.6 Å². The van der Waals surface area contributed by atoms with E-state index in [0.717, 1.165) is 30.5 Å². The molecule has 7 aromatic carbocycles. The minimum absolute atomic E-state index is 0. The number of methoxy groups -OCH3 is 2. The number of carbonyl (C=O) groups is 6. The van der Waals surface area contributed by atoms with Gasteiger partial charge in [-0.15, -0.1) is 24.8 Å². The Kier molecular flexibility index (Phi) is 19.7. The molecule has 0 aromatic heterocycles. The molecule has 18 nitrogen and oxygen atoms in total. The van der Waals surface area contributed by atoms with Crippen LogP contribution in [0.4, 0.5) is 22.7 Å². The van der Waals surface area contributed by atoms with Gasteiger partial charge in [0.25, 0.3) is 23.6 Å². The first-order valence-corrected chi connectivity index (χ1v) is 27.0. The quantitative estimate of drug-likeness (QED) is 0.0802. The first-order valence-electron chi connectivity index (χ1n) is 25.4. The number of nitriles is 2. The van der Waals surface area contributed by atoms with Crippen LogP contribution in [0.3, 0.4) is 0 Å². The van der Waals surface area contributed by atoms with E-state index in [1.807, 2.05) is 48.5 Å². The van der Waals surface area contributed by atoms with Gasteiger partial charge in [-0.3, -0.25) is 28.8 Å². The van der Waals surface area contributed by atoms with Gasteiger partial charge in [-0.1, -0.05) is 56.1 Å². The zero-order valence-electron chi connectivity index (χ0n) is 45.2. The smallest absolute Gasteiger partial charge is 0.258 e. The van der Waals surface area contributed by atoms with Gasteiger partial charge in [0.2, 0.25) is 11.8 Å². The Labute approximate surface area is 502 Å². The summed E-state index contributed by atoms with van der Waals surface area (Å²) in [6.07, 6.45) is 0. The summed E-state index contributed by atoms with van der Waals surface area (Å²) in [5, 5.41) is 35.3. The van der Waals surface area contributed by atoms with E-state index in [-0.39, 0.29) is 96.0 Å². The number of anilines is 4. The summed E-state index contributed by atoms with van der Waals surface area (Å²) in [7, 11) is 6.28.